The molecule has 3 rings (SSSR count). The largest absolute Gasteiger partial charge is 0.478 e. The molecule has 1 N–H and O–H groups in total. The van der Waals surface area contributed by atoms with Crippen LogP contribution in [-0.2, 0) is 7.05 Å². The molecule has 1 heterocycles. The highest BCUT2D eigenvalue weighted by atomic mass is 16.4. The zero-order valence-corrected chi connectivity index (χ0v) is 9.90. The van der Waals surface area contributed by atoms with Gasteiger partial charge in [-0.15, -0.1) is 0 Å². The molecule has 0 saturated heterocycles. The van der Waals surface area contributed by atoms with Crippen LogP contribution in [0.4, 0.5) is 0 Å². The highest BCUT2D eigenvalue weighted by molar-refractivity contribution is 5.93. The fourth-order valence-corrected chi connectivity index (χ4v) is 2.31. The van der Waals surface area contributed by atoms with E-state index in [0.29, 0.717) is 11.5 Å². The third-order valence-electron chi connectivity index (χ3n) is 3.40. The molecule has 4 heteroatoms. The second-order valence-corrected chi connectivity index (χ2v) is 4.77. The summed E-state index contributed by atoms with van der Waals surface area (Å²) in [7, 11) is 1.97. The first-order chi connectivity index (χ1) is 8.08. The van der Waals surface area contributed by atoms with Crippen LogP contribution >= 0.6 is 0 Å². The number of nitrogens with zero attached hydrogens (tertiary/aromatic N) is 2. The molecule has 0 aliphatic heterocycles. The molecular weight excluding hydrogens is 216 g/mol. The molecule has 17 heavy (non-hydrogen) atoms. The van der Waals surface area contributed by atoms with E-state index in [2.05, 4.69) is 4.98 Å². The number of fused-ring (bicyclic) bond motifs is 1. The maximum Gasteiger partial charge on any atom is 0.335 e. The first-order valence-electron chi connectivity index (χ1n) is 5.78. The van der Waals surface area contributed by atoms with Gasteiger partial charge in [-0.3, -0.25) is 0 Å². The van der Waals surface area contributed by atoms with Crippen molar-refractivity contribution in [3.05, 3.63) is 29.1 Å². The quantitative estimate of drug-likeness (QED) is 0.862. The van der Waals surface area contributed by atoms with Gasteiger partial charge in [0, 0.05) is 13.0 Å². The fraction of sp³-hybridized carbons (Fsp3) is 0.385. The van der Waals surface area contributed by atoms with Crippen molar-refractivity contribution in [2.24, 2.45) is 7.05 Å². The lowest BCUT2D eigenvalue weighted by Gasteiger charge is -2.01. The number of benzene rings is 1. The normalized spacial score (nSPS) is 15.4. The Morgan fingerprint density at radius 2 is 2.18 bits per heavy atom. The molecule has 1 aliphatic carbocycles. The Morgan fingerprint density at radius 3 is 2.76 bits per heavy atom. The molecule has 1 aliphatic rings. The number of aryl methyl sites for hydroxylation is 2. The molecule has 0 bridgehead atoms. The van der Waals surface area contributed by atoms with E-state index in [9.17, 15) is 4.79 Å². The van der Waals surface area contributed by atoms with E-state index in [1.807, 2.05) is 18.5 Å². The SMILES string of the molecule is Cc1cc(C(=O)O)cc2c1nc(C1CC1)n2C. The first-order valence-corrected chi connectivity index (χ1v) is 5.78. The lowest BCUT2D eigenvalue weighted by atomic mass is 10.1. The van der Waals surface area contributed by atoms with E-state index in [1.165, 1.54) is 12.8 Å². The number of rotatable bonds is 2. The van der Waals surface area contributed by atoms with Crippen molar-refractivity contribution >= 4 is 17.0 Å². The molecule has 0 atom stereocenters. The Labute approximate surface area is 98.9 Å². The number of imidazole rings is 1. The van der Waals surface area contributed by atoms with Gasteiger partial charge in [-0.2, -0.15) is 0 Å². The Balaban J connectivity index is 2.29. The monoisotopic (exact) mass is 230 g/mol. The standard InChI is InChI=1S/C13H14N2O2/c1-7-5-9(13(16)17)6-10-11(7)14-12(15(10)2)8-3-4-8/h5-6,8H,3-4H2,1-2H3,(H,16,17). The van der Waals surface area contributed by atoms with Gasteiger partial charge in [-0.05, 0) is 37.5 Å². The molecule has 1 fully saturated rings. The number of hydrogen-bond acceptors (Lipinski definition) is 2. The predicted molar refractivity (Wildman–Crippen MR) is 64.4 cm³/mol. The van der Waals surface area contributed by atoms with Crippen LogP contribution in [0.3, 0.4) is 0 Å². The molecule has 0 amide bonds. The first kappa shape index (κ1) is 10.3. The summed E-state index contributed by atoms with van der Waals surface area (Å²) in [5, 5.41) is 9.06. The molecule has 1 aromatic heterocycles. The number of aromatic carboxylic acids is 1. The van der Waals surface area contributed by atoms with Gasteiger partial charge in [0.1, 0.15) is 5.82 Å². The van der Waals surface area contributed by atoms with Crippen LogP contribution in [0.5, 0.6) is 0 Å². The molecule has 88 valence electrons. The van der Waals surface area contributed by atoms with Gasteiger partial charge in [-0.25, -0.2) is 9.78 Å². The van der Waals surface area contributed by atoms with Crippen LogP contribution in [-0.4, -0.2) is 20.6 Å². The number of carbonyl (C=O) groups is 1. The summed E-state index contributed by atoms with van der Waals surface area (Å²) in [6.07, 6.45) is 2.39. The van der Waals surface area contributed by atoms with Gasteiger partial charge in [-0.1, -0.05) is 0 Å². The van der Waals surface area contributed by atoms with Gasteiger partial charge in [0.05, 0.1) is 16.6 Å². The molecule has 0 spiro atoms. The summed E-state index contributed by atoms with van der Waals surface area (Å²) in [5.41, 5.74) is 3.12. The highest BCUT2D eigenvalue weighted by Crippen LogP contribution is 2.40. The topological polar surface area (TPSA) is 55.1 Å². The number of hydrogen-bond donors (Lipinski definition) is 1. The van der Waals surface area contributed by atoms with Crippen molar-refractivity contribution in [2.45, 2.75) is 25.7 Å². The molecular formula is C13H14N2O2. The molecule has 0 unspecified atom stereocenters. The van der Waals surface area contributed by atoms with Crippen molar-refractivity contribution in [2.75, 3.05) is 0 Å². The number of carboxylic acid groups (broad SMARTS) is 1. The van der Waals surface area contributed by atoms with Crippen molar-refractivity contribution in [3.63, 3.8) is 0 Å². The van der Waals surface area contributed by atoms with Crippen LogP contribution in [0, 0.1) is 6.92 Å². The van der Waals surface area contributed by atoms with E-state index >= 15 is 0 Å². The second-order valence-electron chi connectivity index (χ2n) is 4.77. The van der Waals surface area contributed by atoms with E-state index in [0.717, 1.165) is 22.4 Å². The molecule has 0 radical (unpaired) electrons. The summed E-state index contributed by atoms with van der Waals surface area (Å²) >= 11 is 0. The van der Waals surface area contributed by atoms with Gasteiger partial charge in [0.2, 0.25) is 0 Å². The minimum atomic E-state index is -0.885. The van der Waals surface area contributed by atoms with E-state index < -0.39 is 5.97 Å². The Hall–Kier alpha value is -1.84. The molecule has 4 nitrogen and oxygen atoms in total. The minimum Gasteiger partial charge on any atom is -0.478 e. The average molecular weight is 230 g/mol. The van der Waals surface area contributed by atoms with Crippen LogP contribution < -0.4 is 0 Å². The zero-order chi connectivity index (χ0) is 12.2. The fourth-order valence-electron chi connectivity index (χ4n) is 2.31. The van der Waals surface area contributed by atoms with Crippen molar-refractivity contribution < 1.29 is 9.90 Å². The third kappa shape index (κ3) is 1.52. The van der Waals surface area contributed by atoms with E-state index in [-0.39, 0.29) is 0 Å². The number of carboxylic acids is 1. The van der Waals surface area contributed by atoms with E-state index in [1.54, 1.807) is 12.1 Å². The summed E-state index contributed by atoms with van der Waals surface area (Å²) in [5.74, 6) is 0.773. The lowest BCUT2D eigenvalue weighted by Crippen LogP contribution is -1.99. The minimum absolute atomic E-state index is 0.334. The summed E-state index contributed by atoms with van der Waals surface area (Å²) < 4.78 is 2.03. The van der Waals surface area contributed by atoms with Crippen LogP contribution in [0.1, 0.15) is 40.5 Å². The van der Waals surface area contributed by atoms with Crippen LogP contribution in [0.15, 0.2) is 12.1 Å². The zero-order valence-electron chi connectivity index (χ0n) is 9.90. The highest BCUT2D eigenvalue weighted by Gasteiger charge is 2.29. The van der Waals surface area contributed by atoms with E-state index in [4.69, 9.17) is 5.11 Å². The molecule has 1 aromatic carbocycles. The van der Waals surface area contributed by atoms with Crippen molar-refractivity contribution in [3.8, 4) is 0 Å². The van der Waals surface area contributed by atoms with Gasteiger partial charge >= 0.3 is 5.97 Å². The Bertz CT molecular complexity index is 624. The summed E-state index contributed by atoms with van der Waals surface area (Å²) in [6, 6.07) is 3.40. The smallest absolute Gasteiger partial charge is 0.335 e. The summed E-state index contributed by atoms with van der Waals surface area (Å²) in [6.45, 7) is 1.92. The van der Waals surface area contributed by atoms with Gasteiger partial charge in [0.25, 0.3) is 0 Å². The Morgan fingerprint density at radius 1 is 1.47 bits per heavy atom. The maximum atomic E-state index is 11.0. The lowest BCUT2D eigenvalue weighted by molar-refractivity contribution is 0.0697. The van der Waals surface area contributed by atoms with Crippen LogP contribution in [0.25, 0.3) is 11.0 Å². The Kier molecular flexibility index (Phi) is 2.02. The van der Waals surface area contributed by atoms with Gasteiger partial charge < -0.3 is 9.67 Å². The molecule has 2 aromatic rings. The average Bonchev–Trinajstić information content (AvgIpc) is 3.05. The number of aromatic nitrogens is 2. The molecule has 1 saturated carbocycles. The predicted octanol–water partition coefficient (Wildman–Crippen LogP) is 2.46. The second kappa shape index (κ2) is 3.32. The van der Waals surface area contributed by atoms with Crippen molar-refractivity contribution in [1.29, 1.82) is 0 Å². The van der Waals surface area contributed by atoms with Gasteiger partial charge in [0.15, 0.2) is 0 Å². The third-order valence-corrected chi connectivity index (χ3v) is 3.40. The van der Waals surface area contributed by atoms with Crippen LogP contribution in [0.2, 0.25) is 0 Å². The van der Waals surface area contributed by atoms with Crippen molar-refractivity contribution in [1.82, 2.24) is 9.55 Å². The summed E-state index contributed by atoms with van der Waals surface area (Å²) in [4.78, 5) is 15.7. The maximum absolute atomic E-state index is 11.0.